The molecule has 0 aliphatic carbocycles. The first-order valence-corrected chi connectivity index (χ1v) is 8.46. The molecule has 148 valence electrons. The minimum atomic E-state index is -4.36. The van der Waals surface area contributed by atoms with Crippen molar-refractivity contribution < 1.29 is 18.0 Å². The van der Waals surface area contributed by atoms with Crippen molar-refractivity contribution >= 4 is 23.2 Å². The molecule has 0 atom stereocenters. The number of amides is 1. The SMILES string of the molecule is CCn1nc(C)c2c(C(=O)N/N=C/c3ccn(CC(F)(F)F)n3)cc(C)nc21. The summed E-state index contributed by atoms with van der Waals surface area (Å²) < 4.78 is 39.5. The van der Waals surface area contributed by atoms with Crippen LogP contribution in [0.15, 0.2) is 23.4 Å². The van der Waals surface area contributed by atoms with Gasteiger partial charge in [-0.3, -0.25) is 9.48 Å². The Morgan fingerprint density at radius 3 is 2.75 bits per heavy atom. The first-order valence-electron chi connectivity index (χ1n) is 8.46. The number of nitrogens with one attached hydrogen (secondary N) is 1. The average molecular weight is 393 g/mol. The Kier molecular flexibility index (Phi) is 5.16. The second kappa shape index (κ2) is 7.41. The van der Waals surface area contributed by atoms with Gasteiger partial charge in [0.1, 0.15) is 12.2 Å². The molecule has 0 radical (unpaired) electrons. The molecule has 0 spiro atoms. The van der Waals surface area contributed by atoms with Gasteiger partial charge in [-0.05, 0) is 32.9 Å². The van der Waals surface area contributed by atoms with Crippen molar-refractivity contribution in [1.29, 1.82) is 0 Å². The number of alkyl halides is 3. The summed E-state index contributed by atoms with van der Waals surface area (Å²) >= 11 is 0. The van der Waals surface area contributed by atoms with E-state index < -0.39 is 18.6 Å². The summed E-state index contributed by atoms with van der Waals surface area (Å²) in [5, 5.41) is 12.5. The summed E-state index contributed by atoms with van der Waals surface area (Å²) in [5.74, 6) is -0.472. The van der Waals surface area contributed by atoms with Crippen molar-refractivity contribution in [3.63, 3.8) is 0 Å². The summed E-state index contributed by atoms with van der Waals surface area (Å²) in [4.78, 5) is 17.0. The van der Waals surface area contributed by atoms with E-state index in [9.17, 15) is 18.0 Å². The highest BCUT2D eigenvalue weighted by molar-refractivity contribution is 6.06. The van der Waals surface area contributed by atoms with E-state index in [2.05, 4.69) is 25.7 Å². The van der Waals surface area contributed by atoms with Crippen molar-refractivity contribution in [3.05, 3.63) is 41.0 Å². The lowest BCUT2D eigenvalue weighted by atomic mass is 10.1. The molecule has 3 rings (SSSR count). The summed E-state index contributed by atoms with van der Waals surface area (Å²) in [6.45, 7) is 4.91. The molecule has 3 heterocycles. The average Bonchev–Trinajstić information content (AvgIpc) is 3.16. The third-order valence-corrected chi connectivity index (χ3v) is 3.92. The summed E-state index contributed by atoms with van der Waals surface area (Å²) in [5.41, 5.74) is 4.87. The number of fused-ring (bicyclic) bond motifs is 1. The highest BCUT2D eigenvalue weighted by Gasteiger charge is 2.28. The van der Waals surface area contributed by atoms with Gasteiger partial charge in [-0.1, -0.05) is 0 Å². The van der Waals surface area contributed by atoms with Crippen LogP contribution in [0.25, 0.3) is 11.0 Å². The van der Waals surface area contributed by atoms with Crippen LogP contribution >= 0.6 is 0 Å². The van der Waals surface area contributed by atoms with Crippen molar-refractivity contribution in [2.75, 3.05) is 0 Å². The molecule has 0 bridgehead atoms. The van der Waals surface area contributed by atoms with E-state index in [1.54, 1.807) is 24.6 Å². The summed E-state index contributed by atoms with van der Waals surface area (Å²) in [6, 6.07) is 3.01. The van der Waals surface area contributed by atoms with Crippen LogP contribution in [0.2, 0.25) is 0 Å². The quantitative estimate of drug-likeness (QED) is 0.533. The minimum absolute atomic E-state index is 0.190. The third kappa shape index (κ3) is 4.18. The van der Waals surface area contributed by atoms with E-state index in [1.165, 1.54) is 18.5 Å². The molecule has 3 aromatic heterocycles. The molecule has 28 heavy (non-hydrogen) atoms. The van der Waals surface area contributed by atoms with Crippen LogP contribution in [0.5, 0.6) is 0 Å². The van der Waals surface area contributed by atoms with Crippen molar-refractivity contribution in [1.82, 2.24) is 30.0 Å². The lowest BCUT2D eigenvalue weighted by Gasteiger charge is -2.05. The van der Waals surface area contributed by atoms with Crippen LogP contribution in [-0.4, -0.2) is 42.8 Å². The Balaban J connectivity index is 1.79. The van der Waals surface area contributed by atoms with Crippen LogP contribution in [0, 0.1) is 13.8 Å². The molecular weight excluding hydrogens is 375 g/mol. The van der Waals surface area contributed by atoms with Gasteiger partial charge in [-0.15, -0.1) is 0 Å². The molecule has 1 N–H and O–H groups in total. The van der Waals surface area contributed by atoms with Crippen LogP contribution < -0.4 is 5.43 Å². The zero-order valence-electron chi connectivity index (χ0n) is 15.4. The van der Waals surface area contributed by atoms with Gasteiger partial charge >= 0.3 is 6.18 Å². The van der Waals surface area contributed by atoms with Gasteiger partial charge in [0, 0.05) is 18.4 Å². The third-order valence-electron chi connectivity index (χ3n) is 3.92. The van der Waals surface area contributed by atoms with Gasteiger partial charge in [0.05, 0.1) is 22.9 Å². The van der Waals surface area contributed by atoms with E-state index >= 15 is 0 Å². The number of hydrogen-bond donors (Lipinski definition) is 1. The molecule has 8 nitrogen and oxygen atoms in total. The first-order chi connectivity index (χ1) is 13.2. The van der Waals surface area contributed by atoms with Gasteiger partial charge < -0.3 is 0 Å². The zero-order chi connectivity index (χ0) is 20.5. The Morgan fingerprint density at radius 1 is 1.32 bits per heavy atom. The number of halogens is 3. The number of nitrogens with zero attached hydrogens (tertiary/aromatic N) is 6. The lowest BCUT2D eigenvalue weighted by molar-refractivity contribution is -0.142. The fourth-order valence-corrected chi connectivity index (χ4v) is 2.81. The lowest BCUT2D eigenvalue weighted by Crippen LogP contribution is -2.19. The van der Waals surface area contributed by atoms with Crippen molar-refractivity contribution in [2.45, 2.75) is 40.0 Å². The van der Waals surface area contributed by atoms with Gasteiger partial charge in [0.15, 0.2) is 5.65 Å². The molecule has 11 heteroatoms. The predicted molar refractivity (Wildman–Crippen MR) is 96.0 cm³/mol. The highest BCUT2D eigenvalue weighted by atomic mass is 19.4. The number of hydrogen-bond acceptors (Lipinski definition) is 5. The maximum Gasteiger partial charge on any atom is 0.408 e. The van der Waals surface area contributed by atoms with Crippen LogP contribution in [0.3, 0.4) is 0 Å². The highest BCUT2D eigenvalue weighted by Crippen LogP contribution is 2.22. The number of hydrazone groups is 1. The summed E-state index contributed by atoms with van der Waals surface area (Å²) in [6.07, 6.45) is -1.99. The first kappa shape index (κ1) is 19.5. The second-order valence-electron chi connectivity index (χ2n) is 6.16. The largest absolute Gasteiger partial charge is 0.408 e. The predicted octanol–water partition coefficient (Wildman–Crippen LogP) is 2.59. The molecule has 0 saturated carbocycles. The number of pyridine rings is 1. The number of aromatic nitrogens is 5. The molecule has 0 unspecified atom stereocenters. The Hall–Kier alpha value is -3.24. The van der Waals surface area contributed by atoms with Gasteiger partial charge in [-0.25, -0.2) is 15.1 Å². The van der Waals surface area contributed by atoms with E-state index in [0.717, 1.165) is 4.68 Å². The van der Waals surface area contributed by atoms with Crippen LogP contribution in [0.1, 0.15) is 34.4 Å². The van der Waals surface area contributed by atoms with Crippen molar-refractivity contribution in [3.8, 4) is 0 Å². The minimum Gasteiger partial charge on any atom is -0.267 e. The monoisotopic (exact) mass is 393 g/mol. The molecule has 3 aromatic rings. The Bertz CT molecular complexity index is 1050. The molecule has 0 aliphatic heterocycles. The number of carbonyl (C=O) groups is 1. The maximum absolute atomic E-state index is 12.6. The van der Waals surface area contributed by atoms with Crippen LogP contribution in [0.4, 0.5) is 13.2 Å². The maximum atomic E-state index is 12.6. The van der Waals surface area contributed by atoms with Gasteiger partial charge in [-0.2, -0.15) is 28.5 Å². The molecule has 0 aliphatic rings. The smallest absolute Gasteiger partial charge is 0.267 e. The molecule has 0 fully saturated rings. The van der Waals surface area contributed by atoms with E-state index in [-0.39, 0.29) is 5.69 Å². The van der Waals surface area contributed by atoms with Gasteiger partial charge in [0.2, 0.25) is 0 Å². The molecular formula is C17H18F3N7O. The normalized spacial score (nSPS) is 12.2. The Labute approximate surface area is 158 Å². The number of aryl methyl sites for hydroxylation is 3. The fourth-order valence-electron chi connectivity index (χ4n) is 2.81. The van der Waals surface area contributed by atoms with E-state index in [1.807, 2.05) is 6.92 Å². The topological polar surface area (TPSA) is 90.0 Å². The zero-order valence-corrected chi connectivity index (χ0v) is 15.4. The number of carbonyl (C=O) groups excluding carboxylic acids is 1. The molecule has 0 aromatic carbocycles. The second-order valence-corrected chi connectivity index (χ2v) is 6.16. The molecule has 1 amide bonds. The summed E-state index contributed by atoms with van der Waals surface area (Å²) in [7, 11) is 0. The molecule has 0 saturated heterocycles. The number of rotatable bonds is 5. The Morgan fingerprint density at radius 2 is 2.07 bits per heavy atom. The van der Waals surface area contributed by atoms with Gasteiger partial charge in [0.25, 0.3) is 5.91 Å². The van der Waals surface area contributed by atoms with Crippen LogP contribution in [-0.2, 0) is 13.1 Å². The fraction of sp³-hybridized carbons (Fsp3) is 0.353. The van der Waals surface area contributed by atoms with E-state index in [4.69, 9.17) is 0 Å². The van der Waals surface area contributed by atoms with E-state index in [0.29, 0.717) is 34.5 Å². The van der Waals surface area contributed by atoms with Crippen molar-refractivity contribution in [2.24, 2.45) is 5.10 Å². The standard InChI is InChI=1S/C17H18F3N7O/c1-4-27-15-14(11(3)24-27)13(7-10(2)22-15)16(28)23-21-8-12-5-6-26(25-12)9-17(18,19)20/h5-8H,4,9H2,1-3H3,(H,23,28)/b21-8+.